The van der Waals surface area contributed by atoms with Crippen LogP contribution in [0.15, 0.2) is 15.9 Å². The maximum absolute atomic E-state index is 3.65. The highest BCUT2D eigenvalue weighted by Crippen LogP contribution is 2.41. The van der Waals surface area contributed by atoms with Gasteiger partial charge in [0.1, 0.15) is 0 Å². The Labute approximate surface area is 118 Å². The predicted molar refractivity (Wildman–Crippen MR) is 82.0 cm³/mol. The smallest absolute Gasteiger partial charge is 0.0555 e. The van der Waals surface area contributed by atoms with Crippen molar-refractivity contribution in [1.82, 2.24) is 5.32 Å². The molecule has 2 heterocycles. The Balaban J connectivity index is 2.18. The molecule has 0 radical (unpaired) electrons. The van der Waals surface area contributed by atoms with Gasteiger partial charge in [-0.3, -0.25) is 0 Å². The quantitative estimate of drug-likeness (QED) is 0.894. The van der Waals surface area contributed by atoms with Gasteiger partial charge < -0.3 is 5.32 Å². The van der Waals surface area contributed by atoms with E-state index in [9.17, 15) is 0 Å². The zero-order chi connectivity index (χ0) is 11.5. The van der Waals surface area contributed by atoms with E-state index in [1.165, 1.54) is 20.9 Å². The second-order valence-corrected chi connectivity index (χ2v) is 8.38. The molecule has 3 atom stereocenters. The average molecular weight is 338 g/mol. The van der Waals surface area contributed by atoms with Crippen LogP contribution in [-0.2, 0) is 0 Å². The molecule has 3 unspecified atom stereocenters. The van der Waals surface area contributed by atoms with Crippen LogP contribution in [0.4, 0.5) is 0 Å². The van der Waals surface area contributed by atoms with Crippen molar-refractivity contribution in [1.29, 1.82) is 0 Å². The van der Waals surface area contributed by atoms with Gasteiger partial charge in [-0.1, -0.05) is 6.92 Å². The molecule has 0 aromatic carbocycles. The summed E-state index contributed by atoms with van der Waals surface area (Å²) >= 11 is 9.71. The number of rotatable bonds is 3. The van der Waals surface area contributed by atoms with E-state index in [1.807, 2.05) is 11.3 Å². The van der Waals surface area contributed by atoms with Gasteiger partial charge in [-0.2, -0.15) is 23.5 Å². The lowest BCUT2D eigenvalue weighted by Gasteiger charge is -2.34. The summed E-state index contributed by atoms with van der Waals surface area (Å²) in [6, 6.07) is 2.62. The van der Waals surface area contributed by atoms with Crippen LogP contribution in [0.2, 0.25) is 0 Å². The molecule has 1 N–H and O–H groups in total. The second kappa shape index (κ2) is 6.14. The van der Waals surface area contributed by atoms with Gasteiger partial charge in [-0.25, -0.2) is 0 Å². The van der Waals surface area contributed by atoms with E-state index < -0.39 is 0 Å². The Morgan fingerprint density at radius 1 is 1.44 bits per heavy atom. The van der Waals surface area contributed by atoms with E-state index in [0.29, 0.717) is 11.3 Å². The zero-order valence-corrected chi connectivity index (χ0v) is 13.4. The van der Waals surface area contributed by atoms with E-state index >= 15 is 0 Å². The second-order valence-electron chi connectivity index (χ2n) is 3.81. The molecule has 0 aliphatic carbocycles. The van der Waals surface area contributed by atoms with Crippen LogP contribution in [0.1, 0.15) is 17.8 Å². The van der Waals surface area contributed by atoms with Crippen LogP contribution < -0.4 is 5.32 Å². The van der Waals surface area contributed by atoms with Crippen molar-refractivity contribution in [2.45, 2.75) is 23.5 Å². The number of thiophene rings is 1. The normalized spacial score (nSPS) is 27.9. The van der Waals surface area contributed by atoms with Crippen molar-refractivity contribution in [2.75, 3.05) is 18.6 Å². The number of thioether (sulfide) groups is 2. The molecule has 1 aromatic heterocycles. The Hall–Kier alpha value is 0.840. The minimum Gasteiger partial charge on any atom is -0.311 e. The molecule has 0 spiro atoms. The van der Waals surface area contributed by atoms with Gasteiger partial charge in [0.25, 0.3) is 0 Å². The van der Waals surface area contributed by atoms with Crippen LogP contribution in [0.3, 0.4) is 0 Å². The Morgan fingerprint density at radius 3 is 2.75 bits per heavy atom. The number of hydrogen-bond donors (Lipinski definition) is 1. The van der Waals surface area contributed by atoms with E-state index in [-0.39, 0.29) is 0 Å². The molecular formula is C11H16BrNS3. The molecule has 0 saturated carbocycles. The monoisotopic (exact) mass is 337 g/mol. The summed E-state index contributed by atoms with van der Waals surface area (Å²) in [6.45, 7) is 2.35. The molecule has 0 amide bonds. The summed E-state index contributed by atoms with van der Waals surface area (Å²) in [5.74, 6) is 2.57. The maximum atomic E-state index is 3.65. The first-order valence-corrected chi connectivity index (χ1v) is 9.14. The fraction of sp³-hybridized carbons (Fsp3) is 0.636. The van der Waals surface area contributed by atoms with Crippen LogP contribution >= 0.6 is 50.8 Å². The van der Waals surface area contributed by atoms with Crippen LogP contribution in [0, 0.1) is 0 Å². The third kappa shape index (κ3) is 2.80. The van der Waals surface area contributed by atoms with Crippen LogP contribution in [0.5, 0.6) is 0 Å². The minimum atomic E-state index is 0.474. The van der Waals surface area contributed by atoms with E-state index in [0.717, 1.165) is 5.25 Å². The molecule has 2 rings (SSSR count). The lowest BCUT2D eigenvalue weighted by molar-refractivity contribution is 0.567. The highest BCUT2D eigenvalue weighted by Gasteiger charge is 2.32. The average Bonchev–Trinajstić information content (AvgIpc) is 2.69. The molecule has 1 aliphatic rings. The largest absolute Gasteiger partial charge is 0.311 e. The number of hydrogen-bond acceptors (Lipinski definition) is 4. The molecule has 1 aliphatic heterocycles. The summed E-state index contributed by atoms with van der Waals surface area (Å²) in [7, 11) is 2.07. The summed E-state index contributed by atoms with van der Waals surface area (Å²) < 4.78 is 1.25. The number of halogens is 1. The van der Waals surface area contributed by atoms with E-state index in [1.54, 1.807) is 0 Å². The van der Waals surface area contributed by atoms with Gasteiger partial charge in [0.05, 0.1) is 6.04 Å². The van der Waals surface area contributed by atoms with E-state index in [2.05, 4.69) is 70.2 Å². The fourth-order valence-corrected chi connectivity index (χ4v) is 6.82. The first-order chi connectivity index (χ1) is 7.74. The van der Waals surface area contributed by atoms with Crippen molar-refractivity contribution >= 4 is 50.8 Å². The van der Waals surface area contributed by atoms with Crippen LogP contribution in [0.25, 0.3) is 0 Å². The van der Waals surface area contributed by atoms with Gasteiger partial charge in [-0.15, -0.1) is 11.3 Å². The highest BCUT2D eigenvalue weighted by molar-refractivity contribution is 9.10. The molecule has 1 saturated heterocycles. The lowest BCUT2D eigenvalue weighted by Crippen LogP contribution is -2.35. The summed E-state index contributed by atoms with van der Waals surface area (Å²) in [4.78, 5) is 1.44. The number of nitrogens with one attached hydrogen (secondary N) is 1. The molecule has 1 nitrogen and oxygen atoms in total. The minimum absolute atomic E-state index is 0.474. The Kier molecular flexibility index (Phi) is 5.09. The van der Waals surface area contributed by atoms with Crippen molar-refractivity contribution < 1.29 is 0 Å². The van der Waals surface area contributed by atoms with Crippen LogP contribution in [-0.4, -0.2) is 29.1 Å². The summed E-state index contributed by atoms with van der Waals surface area (Å²) in [6.07, 6.45) is 0. The van der Waals surface area contributed by atoms with Gasteiger partial charge in [0.15, 0.2) is 0 Å². The van der Waals surface area contributed by atoms with Crippen molar-refractivity contribution in [2.24, 2.45) is 0 Å². The predicted octanol–water partition coefficient (Wildman–Crippen LogP) is 4.01. The van der Waals surface area contributed by atoms with Crippen molar-refractivity contribution in [3.63, 3.8) is 0 Å². The topological polar surface area (TPSA) is 12.0 Å². The highest BCUT2D eigenvalue weighted by atomic mass is 79.9. The van der Waals surface area contributed by atoms with Gasteiger partial charge in [-0.05, 0) is 34.4 Å². The zero-order valence-electron chi connectivity index (χ0n) is 9.40. The first-order valence-electron chi connectivity index (χ1n) is 5.37. The maximum Gasteiger partial charge on any atom is 0.0555 e. The molecular weight excluding hydrogens is 322 g/mol. The molecule has 0 bridgehead atoms. The third-order valence-electron chi connectivity index (χ3n) is 2.80. The molecule has 16 heavy (non-hydrogen) atoms. The molecule has 90 valence electrons. The molecule has 1 fully saturated rings. The summed E-state index contributed by atoms with van der Waals surface area (Å²) in [5, 5.41) is 7.06. The van der Waals surface area contributed by atoms with Crippen molar-refractivity contribution in [3.05, 3.63) is 20.8 Å². The Bertz CT molecular complexity index is 342. The summed E-state index contributed by atoms with van der Waals surface area (Å²) in [5.41, 5.74) is 0. The SMILES string of the molecule is CNC(c1sccc1Br)C1SCCSC1C. The standard InChI is InChI=1S/C11H16BrNS3/c1-7-10(16-6-5-14-7)9(13-2)11-8(12)3-4-15-11/h3-4,7,9-10,13H,5-6H2,1-2H3. The van der Waals surface area contributed by atoms with Crippen molar-refractivity contribution in [3.8, 4) is 0 Å². The molecule has 1 aromatic rings. The van der Waals surface area contributed by atoms with Gasteiger partial charge in [0, 0.05) is 31.4 Å². The third-order valence-corrected chi connectivity index (χ3v) is 7.95. The van der Waals surface area contributed by atoms with Gasteiger partial charge in [0.2, 0.25) is 0 Å². The van der Waals surface area contributed by atoms with E-state index in [4.69, 9.17) is 0 Å². The van der Waals surface area contributed by atoms with Gasteiger partial charge >= 0.3 is 0 Å². The molecule has 5 heteroatoms. The Morgan fingerprint density at radius 2 is 2.19 bits per heavy atom. The first kappa shape index (κ1) is 13.3. The lowest BCUT2D eigenvalue weighted by atomic mass is 10.1. The fourth-order valence-electron chi connectivity index (χ4n) is 1.99.